The maximum absolute atomic E-state index is 5.45. The molecule has 0 saturated heterocycles. The van der Waals surface area contributed by atoms with Crippen molar-refractivity contribution in [2.24, 2.45) is 4.99 Å². The Hall–Kier alpha value is -2.62. The third-order valence-electron chi connectivity index (χ3n) is 4.18. The number of nitrogens with one attached hydrogen (secondary N) is 2. The molecule has 1 heterocycles. The van der Waals surface area contributed by atoms with E-state index in [9.17, 15) is 0 Å². The summed E-state index contributed by atoms with van der Waals surface area (Å²) >= 11 is 0. The van der Waals surface area contributed by atoms with Gasteiger partial charge in [0.25, 0.3) is 0 Å². The number of benzene rings is 2. The first-order valence-electron chi connectivity index (χ1n) is 8.73. The van der Waals surface area contributed by atoms with Crippen LogP contribution in [0.2, 0.25) is 0 Å². The fourth-order valence-corrected chi connectivity index (χ4v) is 2.74. The van der Waals surface area contributed by atoms with Gasteiger partial charge >= 0.3 is 0 Å². The van der Waals surface area contributed by atoms with Crippen LogP contribution in [0.15, 0.2) is 59.9 Å². The summed E-state index contributed by atoms with van der Waals surface area (Å²) < 4.78 is 7.40. The molecule has 0 bridgehead atoms. The smallest absolute Gasteiger partial charge is 0.191 e. The number of nitrogens with zero attached hydrogens (tertiary/aromatic N) is 4. The first kappa shape index (κ1) is 21.7. The third-order valence-corrected chi connectivity index (χ3v) is 4.18. The Morgan fingerprint density at radius 1 is 1.11 bits per heavy atom. The molecule has 0 saturated carbocycles. The van der Waals surface area contributed by atoms with Gasteiger partial charge in [-0.15, -0.1) is 34.2 Å². The highest BCUT2D eigenvalue weighted by Gasteiger charge is 2.08. The first-order valence-corrected chi connectivity index (χ1v) is 8.73. The molecule has 2 aromatic carbocycles. The molecule has 8 heteroatoms. The molecule has 0 fully saturated rings. The fraction of sp³-hybridized carbons (Fsp3) is 0.250. The van der Waals surface area contributed by atoms with E-state index in [0.29, 0.717) is 19.0 Å². The molecule has 0 unspecified atom stereocenters. The number of methoxy groups -OCH3 is 1. The van der Waals surface area contributed by atoms with Crippen molar-refractivity contribution in [3.05, 3.63) is 71.8 Å². The lowest BCUT2D eigenvalue weighted by Gasteiger charge is -2.14. The van der Waals surface area contributed by atoms with Crippen LogP contribution in [0.5, 0.6) is 5.75 Å². The quantitative estimate of drug-likeness (QED) is 0.314. The summed E-state index contributed by atoms with van der Waals surface area (Å²) in [6, 6.07) is 16.1. The minimum Gasteiger partial charge on any atom is -0.496 e. The van der Waals surface area contributed by atoms with Crippen LogP contribution in [-0.4, -0.2) is 34.9 Å². The van der Waals surface area contributed by atoms with Crippen molar-refractivity contribution in [1.29, 1.82) is 0 Å². The van der Waals surface area contributed by atoms with Crippen LogP contribution in [-0.2, 0) is 13.1 Å². The molecule has 0 amide bonds. The van der Waals surface area contributed by atoms with Gasteiger partial charge in [-0.25, -0.2) is 0 Å². The molecule has 0 atom stereocenters. The summed E-state index contributed by atoms with van der Waals surface area (Å²) in [4.78, 5) is 4.27. The minimum absolute atomic E-state index is 0. The maximum Gasteiger partial charge on any atom is 0.191 e. The summed E-state index contributed by atoms with van der Waals surface area (Å²) in [6.45, 7) is 3.15. The zero-order chi connectivity index (χ0) is 19.1. The van der Waals surface area contributed by atoms with Crippen LogP contribution in [0, 0.1) is 6.92 Å². The molecule has 0 aliphatic heterocycles. The Morgan fingerprint density at radius 3 is 2.57 bits per heavy atom. The van der Waals surface area contributed by atoms with E-state index >= 15 is 0 Å². The van der Waals surface area contributed by atoms with E-state index in [1.165, 1.54) is 5.56 Å². The normalized spacial score (nSPS) is 10.9. The molecule has 0 aliphatic carbocycles. The lowest BCUT2D eigenvalue weighted by atomic mass is 10.1. The summed E-state index contributed by atoms with van der Waals surface area (Å²) in [5.41, 5.74) is 3.25. The van der Waals surface area contributed by atoms with Crippen LogP contribution in [0.3, 0.4) is 0 Å². The number of rotatable bonds is 6. The number of aromatic nitrogens is 3. The van der Waals surface area contributed by atoms with Crippen LogP contribution < -0.4 is 15.4 Å². The number of aryl methyl sites for hydroxylation is 1. The van der Waals surface area contributed by atoms with Gasteiger partial charge in [-0.3, -0.25) is 9.56 Å². The van der Waals surface area contributed by atoms with Crippen molar-refractivity contribution in [2.45, 2.75) is 20.0 Å². The largest absolute Gasteiger partial charge is 0.496 e. The predicted molar refractivity (Wildman–Crippen MR) is 122 cm³/mol. The molecule has 2 N–H and O–H groups in total. The Morgan fingerprint density at radius 2 is 1.86 bits per heavy atom. The van der Waals surface area contributed by atoms with E-state index in [1.54, 1.807) is 20.5 Å². The predicted octanol–water partition coefficient (Wildman–Crippen LogP) is 3.07. The maximum atomic E-state index is 5.45. The second-order valence-corrected chi connectivity index (χ2v) is 6.05. The van der Waals surface area contributed by atoms with Crippen molar-refractivity contribution >= 4 is 29.9 Å². The number of aliphatic imine (C=N–C) groups is 1. The van der Waals surface area contributed by atoms with Gasteiger partial charge < -0.3 is 15.4 Å². The van der Waals surface area contributed by atoms with Gasteiger partial charge in [-0.2, -0.15) is 0 Å². The highest BCUT2D eigenvalue weighted by molar-refractivity contribution is 14.0. The summed E-state index contributed by atoms with van der Waals surface area (Å²) in [5.74, 6) is 2.35. The van der Waals surface area contributed by atoms with Crippen LogP contribution in [0.1, 0.15) is 17.0 Å². The van der Waals surface area contributed by atoms with Gasteiger partial charge in [0.1, 0.15) is 12.1 Å². The van der Waals surface area contributed by atoms with Crippen molar-refractivity contribution in [1.82, 2.24) is 25.4 Å². The SMILES string of the molecule is CN=C(NCc1ccc(C)cc1OC)NCc1nncn1-c1ccccc1.I. The second-order valence-electron chi connectivity index (χ2n) is 6.05. The number of hydrogen-bond donors (Lipinski definition) is 2. The molecule has 7 nitrogen and oxygen atoms in total. The molecule has 28 heavy (non-hydrogen) atoms. The van der Waals surface area contributed by atoms with Gasteiger partial charge in [-0.05, 0) is 30.7 Å². The van der Waals surface area contributed by atoms with E-state index in [1.807, 2.05) is 47.9 Å². The topological polar surface area (TPSA) is 76.4 Å². The van der Waals surface area contributed by atoms with Crippen LogP contribution in [0.25, 0.3) is 5.69 Å². The lowest BCUT2D eigenvalue weighted by molar-refractivity contribution is 0.408. The number of ether oxygens (including phenoxy) is 1. The van der Waals surface area contributed by atoms with Crippen LogP contribution >= 0.6 is 24.0 Å². The van der Waals surface area contributed by atoms with Gasteiger partial charge in [0, 0.05) is 24.8 Å². The Kier molecular flexibility index (Phi) is 8.24. The Balaban J connectivity index is 0.00000280. The Bertz CT molecular complexity index is 910. The zero-order valence-electron chi connectivity index (χ0n) is 16.2. The number of para-hydroxylation sites is 1. The fourth-order valence-electron chi connectivity index (χ4n) is 2.74. The molecule has 0 spiro atoms. The van der Waals surface area contributed by atoms with Crippen LogP contribution in [0.4, 0.5) is 0 Å². The third kappa shape index (κ3) is 5.44. The van der Waals surface area contributed by atoms with Gasteiger partial charge in [0.2, 0.25) is 0 Å². The number of guanidine groups is 1. The van der Waals surface area contributed by atoms with E-state index in [2.05, 4.69) is 38.0 Å². The van der Waals surface area contributed by atoms with Gasteiger partial charge in [0.15, 0.2) is 11.8 Å². The second kappa shape index (κ2) is 10.6. The molecule has 3 rings (SSSR count). The van der Waals surface area contributed by atoms with E-state index < -0.39 is 0 Å². The molecule has 1 aromatic heterocycles. The van der Waals surface area contributed by atoms with Crippen molar-refractivity contribution in [3.63, 3.8) is 0 Å². The standard InChI is InChI=1S/C20H24N6O.HI/c1-15-9-10-16(18(11-15)27-3)12-22-20(21-2)23-13-19-25-24-14-26(19)17-7-5-4-6-8-17;/h4-11,14H,12-13H2,1-3H3,(H2,21,22,23);1H. The summed E-state index contributed by atoms with van der Waals surface area (Å²) in [5, 5.41) is 14.8. The van der Waals surface area contributed by atoms with E-state index in [0.717, 1.165) is 22.8 Å². The van der Waals surface area contributed by atoms with E-state index in [-0.39, 0.29) is 24.0 Å². The van der Waals surface area contributed by atoms with Gasteiger partial charge in [0.05, 0.1) is 13.7 Å². The average Bonchev–Trinajstić information content (AvgIpc) is 3.18. The highest BCUT2D eigenvalue weighted by Crippen LogP contribution is 2.19. The summed E-state index contributed by atoms with van der Waals surface area (Å²) in [7, 11) is 3.42. The first-order chi connectivity index (χ1) is 13.2. The monoisotopic (exact) mass is 492 g/mol. The minimum atomic E-state index is 0. The molecular weight excluding hydrogens is 467 g/mol. The summed E-state index contributed by atoms with van der Waals surface area (Å²) in [6.07, 6.45) is 1.71. The molecule has 148 valence electrons. The van der Waals surface area contributed by atoms with Crippen molar-refractivity contribution in [3.8, 4) is 11.4 Å². The molecule has 3 aromatic rings. The average molecular weight is 492 g/mol. The Labute approximate surface area is 182 Å². The molecular formula is C20H25IN6O. The van der Waals surface area contributed by atoms with Gasteiger partial charge in [-0.1, -0.05) is 30.3 Å². The lowest BCUT2D eigenvalue weighted by Crippen LogP contribution is -2.37. The molecule has 0 radical (unpaired) electrons. The highest BCUT2D eigenvalue weighted by atomic mass is 127. The van der Waals surface area contributed by atoms with E-state index in [4.69, 9.17) is 4.74 Å². The van der Waals surface area contributed by atoms with Crippen molar-refractivity contribution in [2.75, 3.05) is 14.2 Å². The number of hydrogen-bond acceptors (Lipinski definition) is 4. The van der Waals surface area contributed by atoms with Crippen molar-refractivity contribution < 1.29 is 4.74 Å². The molecule has 0 aliphatic rings. The number of halogens is 1. The zero-order valence-corrected chi connectivity index (χ0v) is 18.5.